The molecular formula is C20H21FN4O3. The number of aryl methyl sites for hydroxylation is 1. The van der Waals surface area contributed by atoms with Crippen molar-refractivity contribution in [3.8, 4) is 11.4 Å². The summed E-state index contributed by atoms with van der Waals surface area (Å²) in [6, 6.07) is 5.90. The monoisotopic (exact) mass is 384 g/mol. The average molecular weight is 384 g/mol. The Hall–Kier alpha value is -3.03. The highest BCUT2D eigenvalue weighted by Gasteiger charge is 2.25. The molecule has 0 unspecified atom stereocenters. The van der Waals surface area contributed by atoms with Gasteiger partial charge in [0.1, 0.15) is 11.4 Å². The third kappa shape index (κ3) is 3.30. The van der Waals surface area contributed by atoms with Crippen LogP contribution in [0, 0.1) is 5.82 Å². The van der Waals surface area contributed by atoms with Gasteiger partial charge in [-0.05, 0) is 37.0 Å². The van der Waals surface area contributed by atoms with Crippen LogP contribution < -0.4 is 11.2 Å². The van der Waals surface area contributed by atoms with E-state index in [-0.39, 0.29) is 18.1 Å². The molecular weight excluding hydrogens is 363 g/mol. The number of benzene rings is 1. The van der Waals surface area contributed by atoms with E-state index in [0.29, 0.717) is 42.1 Å². The number of hydrogen-bond acceptors (Lipinski definition) is 5. The third-order valence-electron chi connectivity index (χ3n) is 5.05. The van der Waals surface area contributed by atoms with E-state index in [2.05, 4.69) is 10.1 Å². The molecule has 0 spiro atoms. The highest BCUT2D eigenvalue weighted by atomic mass is 19.1. The second kappa shape index (κ2) is 7.53. The van der Waals surface area contributed by atoms with E-state index in [9.17, 15) is 14.0 Å². The van der Waals surface area contributed by atoms with Crippen LogP contribution in [0.25, 0.3) is 11.4 Å². The molecule has 1 aliphatic heterocycles. The predicted molar refractivity (Wildman–Crippen MR) is 101 cm³/mol. The zero-order valence-corrected chi connectivity index (χ0v) is 15.7. The molecule has 7 nitrogen and oxygen atoms in total. The van der Waals surface area contributed by atoms with Crippen molar-refractivity contribution in [2.45, 2.75) is 52.1 Å². The molecule has 3 heterocycles. The molecule has 0 radical (unpaired) electrons. The fraction of sp³-hybridized carbons (Fsp3) is 0.400. The minimum absolute atomic E-state index is 0.0127. The first kappa shape index (κ1) is 18.3. The summed E-state index contributed by atoms with van der Waals surface area (Å²) < 4.78 is 21.6. The summed E-state index contributed by atoms with van der Waals surface area (Å²) in [6.45, 7) is 2.40. The number of hydrogen-bond donors (Lipinski definition) is 0. The zero-order valence-electron chi connectivity index (χ0n) is 15.7. The van der Waals surface area contributed by atoms with Gasteiger partial charge in [0.05, 0.1) is 6.54 Å². The van der Waals surface area contributed by atoms with Crippen LogP contribution in [0.1, 0.15) is 43.3 Å². The first-order chi connectivity index (χ1) is 13.6. The van der Waals surface area contributed by atoms with Crippen LogP contribution >= 0.6 is 0 Å². The summed E-state index contributed by atoms with van der Waals surface area (Å²) in [7, 11) is 0. The van der Waals surface area contributed by atoms with E-state index >= 15 is 0 Å². The normalized spacial score (nSPS) is 13.9. The highest BCUT2D eigenvalue weighted by Crippen LogP contribution is 2.22. The van der Waals surface area contributed by atoms with Gasteiger partial charge in [0.25, 0.3) is 5.56 Å². The molecule has 4 rings (SSSR count). The Labute approximate surface area is 160 Å². The Morgan fingerprint density at radius 1 is 1.21 bits per heavy atom. The highest BCUT2D eigenvalue weighted by molar-refractivity contribution is 5.56. The third-order valence-corrected chi connectivity index (χ3v) is 5.05. The molecule has 1 aliphatic rings. The van der Waals surface area contributed by atoms with Crippen molar-refractivity contribution < 1.29 is 8.91 Å². The molecule has 0 saturated heterocycles. The van der Waals surface area contributed by atoms with Crippen LogP contribution in [-0.4, -0.2) is 19.3 Å². The lowest BCUT2D eigenvalue weighted by molar-refractivity contribution is 0.382. The maximum atomic E-state index is 13.6. The van der Waals surface area contributed by atoms with Gasteiger partial charge in [0.15, 0.2) is 0 Å². The number of rotatable bonds is 4. The second-order valence-corrected chi connectivity index (χ2v) is 6.95. The van der Waals surface area contributed by atoms with Crippen molar-refractivity contribution in [1.29, 1.82) is 0 Å². The van der Waals surface area contributed by atoms with Crippen LogP contribution in [0.15, 0.2) is 38.4 Å². The predicted octanol–water partition coefficient (Wildman–Crippen LogP) is 2.54. The molecule has 0 amide bonds. The molecule has 0 fully saturated rings. The molecule has 0 aliphatic carbocycles. The quantitative estimate of drug-likeness (QED) is 0.690. The lowest BCUT2D eigenvalue weighted by atomic mass is 10.1. The van der Waals surface area contributed by atoms with Gasteiger partial charge in [-0.15, -0.1) is 0 Å². The molecule has 0 atom stereocenters. The molecule has 0 N–H and O–H groups in total. The van der Waals surface area contributed by atoms with Crippen LogP contribution in [0.5, 0.6) is 0 Å². The Balaban J connectivity index is 1.94. The largest absolute Gasteiger partial charge is 0.339 e. The summed E-state index contributed by atoms with van der Waals surface area (Å²) in [6.07, 6.45) is 3.89. The molecule has 0 bridgehead atoms. The zero-order chi connectivity index (χ0) is 19.7. The van der Waals surface area contributed by atoms with Crippen LogP contribution in [0.3, 0.4) is 0 Å². The van der Waals surface area contributed by atoms with Crippen molar-refractivity contribution in [2.75, 3.05) is 0 Å². The topological polar surface area (TPSA) is 82.9 Å². The van der Waals surface area contributed by atoms with E-state index in [4.69, 9.17) is 4.52 Å². The Bertz CT molecular complexity index is 1130. The first-order valence-corrected chi connectivity index (χ1v) is 9.52. The minimum Gasteiger partial charge on any atom is -0.339 e. The number of aromatic nitrogens is 4. The molecule has 146 valence electrons. The Morgan fingerprint density at radius 2 is 2.07 bits per heavy atom. The fourth-order valence-corrected chi connectivity index (χ4v) is 3.65. The summed E-state index contributed by atoms with van der Waals surface area (Å²) in [5.74, 6) is 0.233. The van der Waals surface area contributed by atoms with Crippen molar-refractivity contribution in [3.05, 3.63) is 68.1 Å². The van der Waals surface area contributed by atoms with Crippen LogP contribution in [0.4, 0.5) is 4.39 Å². The van der Waals surface area contributed by atoms with Gasteiger partial charge in [-0.2, -0.15) is 4.98 Å². The summed E-state index contributed by atoms with van der Waals surface area (Å²) in [5, 5.41) is 3.97. The molecule has 3 aromatic rings. The van der Waals surface area contributed by atoms with Gasteiger partial charge < -0.3 is 4.52 Å². The lowest BCUT2D eigenvalue weighted by Crippen LogP contribution is -2.42. The van der Waals surface area contributed by atoms with Gasteiger partial charge in [0, 0.05) is 18.7 Å². The molecule has 0 saturated carbocycles. The molecule has 28 heavy (non-hydrogen) atoms. The van der Waals surface area contributed by atoms with Crippen molar-refractivity contribution in [3.63, 3.8) is 0 Å². The molecule has 2 aromatic heterocycles. The van der Waals surface area contributed by atoms with E-state index < -0.39 is 11.4 Å². The summed E-state index contributed by atoms with van der Waals surface area (Å²) in [5.41, 5.74) is 0.662. The van der Waals surface area contributed by atoms with Crippen molar-refractivity contribution >= 4 is 0 Å². The second-order valence-electron chi connectivity index (χ2n) is 6.95. The van der Waals surface area contributed by atoms with Crippen LogP contribution in [-0.2, 0) is 25.9 Å². The standard InChI is InChI=1S/C20H21FN4O3/c1-2-16-22-18(23-28-16)17-15-9-4-3-5-10-24(15)20(27)25(19(17)26)12-13-7-6-8-14(21)11-13/h6-8,11H,2-5,9-10,12H2,1H3. The van der Waals surface area contributed by atoms with E-state index in [1.807, 2.05) is 6.92 Å². The van der Waals surface area contributed by atoms with E-state index in [1.54, 1.807) is 16.7 Å². The number of fused-ring (bicyclic) bond motifs is 1. The van der Waals surface area contributed by atoms with Gasteiger partial charge >= 0.3 is 5.69 Å². The first-order valence-electron chi connectivity index (χ1n) is 9.52. The lowest BCUT2D eigenvalue weighted by Gasteiger charge is -2.16. The van der Waals surface area contributed by atoms with Crippen LogP contribution in [0.2, 0.25) is 0 Å². The molecule has 1 aromatic carbocycles. The molecule has 8 heteroatoms. The van der Waals surface area contributed by atoms with E-state index in [0.717, 1.165) is 23.8 Å². The van der Waals surface area contributed by atoms with Crippen molar-refractivity contribution in [2.24, 2.45) is 0 Å². The van der Waals surface area contributed by atoms with E-state index in [1.165, 1.54) is 12.1 Å². The SMILES string of the molecule is CCc1nc(-c2c3n(c(=O)n(Cc4cccc(F)c4)c2=O)CCCCC3)no1. The van der Waals surface area contributed by atoms with Gasteiger partial charge in [-0.25, -0.2) is 9.18 Å². The van der Waals surface area contributed by atoms with Gasteiger partial charge in [0.2, 0.25) is 11.7 Å². The van der Waals surface area contributed by atoms with Gasteiger partial charge in [-0.1, -0.05) is 30.6 Å². The number of halogens is 1. The van der Waals surface area contributed by atoms with Gasteiger partial charge in [-0.3, -0.25) is 13.9 Å². The summed E-state index contributed by atoms with van der Waals surface area (Å²) >= 11 is 0. The number of nitrogens with zero attached hydrogens (tertiary/aromatic N) is 4. The Kier molecular flexibility index (Phi) is 4.93. The summed E-state index contributed by atoms with van der Waals surface area (Å²) in [4.78, 5) is 30.7. The maximum Gasteiger partial charge on any atom is 0.331 e. The Morgan fingerprint density at radius 3 is 2.82 bits per heavy atom. The fourth-order valence-electron chi connectivity index (χ4n) is 3.65. The van der Waals surface area contributed by atoms with Crippen molar-refractivity contribution in [1.82, 2.24) is 19.3 Å². The maximum absolute atomic E-state index is 13.6. The average Bonchev–Trinajstić information content (AvgIpc) is 3.02. The minimum atomic E-state index is -0.467. The smallest absolute Gasteiger partial charge is 0.331 e.